The summed E-state index contributed by atoms with van der Waals surface area (Å²) < 4.78 is 7.95. The molecule has 3 heterocycles. The predicted molar refractivity (Wildman–Crippen MR) is 92.8 cm³/mol. The van der Waals surface area contributed by atoms with Crippen molar-refractivity contribution in [2.45, 2.75) is 52.5 Å². The van der Waals surface area contributed by atoms with Crippen molar-refractivity contribution in [2.75, 3.05) is 5.73 Å². The van der Waals surface area contributed by atoms with Crippen LogP contribution in [0.5, 0.6) is 0 Å². The van der Waals surface area contributed by atoms with Gasteiger partial charge in [0.2, 0.25) is 11.9 Å². The fourth-order valence-electron chi connectivity index (χ4n) is 3.57. The Morgan fingerprint density at radius 2 is 2.12 bits per heavy atom. The number of nitrogens with two attached hydrogens (primary N) is 1. The summed E-state index contributed by atoms with van der Waals surface area (Å²) in [4.78, 5) is 34.1. The van der Waals surface area contributed by atoms with Crippen LogP contribution in [-0.2, 0) is 16.1 Å². The Morgan fingerprint density at radius 3 is 2.80 bits per heavy atom. The average molecular weight is 348 g/mol. The van der Waals surface area contributed by atoms with E-state index >= 15 is 0 Å². The number of fused-ring (bicyclic) bond motifs is 1. The van der Waals surface area contributed by atoms with Crippen LogP contribution in [0.25, 0.3) is 11.2 Å². The molecule has 1 aliphatic rings. The van der Waals surface area contributed by atoms with E-state index in [1.54, 1.807) is 10.9 Å². The van der Waals surface area contributed by atoms with Gasteiger partial charge in [0.05, 0.1) is 31.1 Å². The molecule has 136 valence electrons. The van der Waals surface area contributed by atoms with Crippen LogP contribution in [0.3, 0.4) is 0 Å². The first-order valence-corrected chi connectivity index (χ1v) is 8.41. The first kappa shape index (κ1) is 17.4. The Bertz CT molecular complexity index is 844. The molecular formula is C16H24N6O3. The fourth-order valence-corrected chi connectivity index (χ4v) is 3.57. The molecule has 3 rings (SSSR count). The van der Waals surface area contributed by atoms with E-state index in [-0.39, 0.29) is 53.0 Å². The van der Waals surface area contributed by atoms with E-state index in [1.807, 2.05) is 6.92 Å². The molecule has 0 aromatic carbocycles. The van der Waals surface area contributed by atoms with Crippen molar-refractivity contribution in [3.8, 4) is 0 Å². The number of nitrogens with one attached hydrogen (secondary N) is 2. The molecule has 1 aliphatic heterocycles. The number of rotatable bonds is 3. The van der Waals surface area contributed by atoms with Gasteiger partial charge < -0.3 is 20.4 Å². The van der Waals surface area contributed by atoms with Crippen molar-refractivity contribution in [1.29, 1.82) is 0 Å². The smallest absolute Gasteiger partial charge is 0.280 e. The van der Waals surface area contributed by atoms with E-state index in [1.165, 1.54) is 6.92 Å². The summed E-state index contributed by atoms with van der Waals surface area (Å²) in [5.41, 5.74) is 5.99. The lowest BCUT2D eigenvalue weighted by molar-refractivity contribution is -0.135. The number of carbonyl (C=O) groups excluding carboxylic acids is 1. The van der Waals surface area contributed by atoms with Gasteiger partial charge in [0.15, 0.2) is 11.2 Å². The standard InChI is InChI=1S/C16H24N6O3/c1-7-8(2)12(19-10(4)23)9(3)25-11(7)5-22-6-18-13-14(22)20-16(17)21-15(13)24/h6-9,11-12H,5H2,1-4H3,(H,19,23)(H3,17,20,21,24). The molecule has 5 atom stereocenters. The van der Waals surface area contributed by atoms with Crippen molar-refractivity contribution in [3.63, 3.8) is 0 Å². The number of amides is 1. The molecule has 0 radical (unpaired) electrons. The Balaban J connectivity index is 1.84. The third-order valence-corrected chi connectivity index (χ3v) is 5.12. The zero-order valence-corrected chi connectivity index (χ0v) is 14.8. The summed E-state index contributed by atoms with van der Waals surface area (Å²) in [7, 11) is 0. The molecule has 1 amide bonds. The molecule has 2 aromatic rings. The number of nitrogens with zero attached hydrogens (tertiary/aromatic N) is 3. The lowest BCUT2D eigenvalue weighted by Crippen LogP contribution is -2.56. The minimum absolute atomic E-state index is 0.0279. The second kappa shape index (κ2) is 6.47. The molecule has 2 aromatic heterocycles. The quantitative estimate of drug-likeness (QED) is 0.730. The van der Waals surface area contributed by atoms with Gasteiger partial charge in [-0.25, -0.2) is 4.98 Å². The number of nitrogen functional groups attached to an aromatic ring is 1. The molecule has 0 aliphatic carbocycles. The summed E-state index contributed by atoms with van der Waals surface area (Å²) in [6, 6.07) is -0.0279. The number of ether oxygens (including phenoxy) is 1. The van der Waals surface area contributed by atoms with Crippen molar-refractivity contribution in [3.05, 3.63) is 16.7 Å². The predicted octanol–water partition coefficient (Wildman–Crippen LogP) is 0.266. The normalized spacial score (nSPS) is 29.7. The number of hydrogen-bond donors (Lipinski definition) is 3. The number of aromatic nitrogens is 4. The Morgan fingerprint density at radius 1 is 1.40 bits per heavy atom. The molecule has 1 fully saturated rings. The largest absolute Gasteiger partial charge is 0.371 e. The van der Waals surface area contributed by atoms with E-state index in [0.29, 0.717) is 12.2 Å². The molecule has 4 N–H and O–H groups in total. The van der Waals surface area contributed by atoms with Gasteiger partial charge in [0.25, 0.3) is 5.56 Å². The first-order valence-electron chi connectivity index (χ1n) is 8.41. The minimum Gasteiger partial charge on any atom is -0.371 e. The van der Waals surface area contributed by atoms with E-state index in [4.69, 9.17) is 10.5 Å². The lowest BCUT2D eigenvalue weighted by atomic mass is 9.80. The molecule has 1 saturated heterocycles. The van der Waals surface area contributed by atoms with Crippen LogP contribution in [0.4, 0.5) is 5.95 Å². The van der Waals surface area contributed by atoms with Crippen molar-refractivity contribution in [1.82, 2.24) is 24.8 Å². The summed E-state index contributed by atoms with van der Waals surface area (Å²) >= 11 is 0. The maximum Gasteiger partial charge on any atom is 0.280 e. The molecule has 25 heavy (non-hydrogen) atoms. The van der Waals surface area contributed by atoms with E-state index in [0.717, 1.165) is 0 Å². The highest BCUT2D eigenvalue weighted by Gasteiger charge is 2.40. The molecule has 0 spiro atoms. The zero-order chi connectivity index (χ0) is 18.3. The highest BCUT2D eigenvalue weighted by Crippen LogP contribution is 2.31. The van der Waals surface area contributed by atoms with Gasteiger partial charge in [-0.05, 0) is 18.8 Å². The second-order valence-electron chi connectivity index (χ2n) is 6.84. The molecule has 5 unspecified atom stereocenters. The van der Waals surface area contributed by atoms with Crippen LogP contribution < -0.4 is 16.6 Å². The summed E-state index contributed by atoms with van der Waals surface area (Å²) in [6.07, 6.45) is 1.38. The molecule has 9 heteroatoms. The first-order chi connectivity index (χ1) is 11.8. The van der Waals surface area contributed by atoms with Crippen LogP contribution in [0, 0.1) is 11.8 Å². The number of imidazole rings is 1. The van der Waals surface area contributed by atoms with Crippen molar-refractivity contribution >= 4 is 23.0 Å². The third kappa shape index (κ3) is 3.23. The van der Waals surface area contributed by atoms with E-state index in [9.17, 15) is 9.59 Å². The van der Waals surface area contributed by atoms with Crippen LogP contribution in [0.1, 0.15) is 27.7 Å². The average Bonchev–Trinajstić information content (AvgIpc) is 2.92. The van der Waals surface area contributed by atoms with E-state index in [2.05, 4.69) is 34.1 Å². The maximum atomic E-state index is 11.9. The number of hydrogen-bond acceptors (Lipinski definition) is 6. The summed E-state index contributed by atoms with van der Waals surface area (Å²) in [5.74, 6) is 0.445. The second-order valence-corrected chi connectivity index (χ2v) is 6.84. The SMILES string of the molecule is CC(=O)NC1C(C)OC(Cn2cnc3c(=O)[nH]c(N)nc32)C(C)C1C. The molecule has 0 saturated carbocycles. The number of anilines is 1. The monoisotopic (exact) mass is 348 g/mol. The van der Waals surface area contributed by atoms with Gasteiger partial charge in [-0.1, -0.05) is 13.8 Å². The van der Waals surface area contributed by atoms with Crippen LogP contribution in [-0.4, -0.2) is 43.7 Å². The van der Waals surface area contributed by atoms with Crippen LogP contribution >= 0.6 is 0 Å². The fraction of sp³-hybridized carbons (Fsp3) is 0.625. The van der Waals surface area contributed by atoms with Crippen molar-refractivity contribution in [2.24, 2.45) is 11.8 Å². The molecule has 9 nitrogen and oxygen atoms in total. The Kier molecular flexibility index (Phi) is 4.51. The number of H-pyrrole nitrogens is 1. The van der Waals surface area contributed by atoms with Crippen LogP contribution in [0.15, 0.2) is 11.1 Å². The van der Waals surface area contributed by atoms with Gasteiger partial charge in [-0.15, -0.1) is 0 Å². The van der Waals surface area contributed by atoms with Gasteiger partial charge in [-0.3, -0.25) is 14.6 Å². The lowest BCUT2D eigenvalue weighted by Gasteiger charge is -2.44. The highest BCUT2D eigenvalue weighted by molar-refractivity contribution is 5.73. The Labute approximate surface area is 145 Å². The van der Waals surface area contributed by atoms with Gasteiger partial charge in [-0.2, -0.15) is 4.98 Å². The van der Waals surface area contributed by atoms with Crippen molar-refractivity contribution < 1.29 is 9.53 Å². The number of aromatic amines is 1. The highest BCUT2D eigenvalue weighted by atomic mass is 16.5. The van der Waals surface area contributed by atoms with Crippen LogP contribution in [0.2, 0.25) is 0 Å². The topological polar surface area (TPSA) is 128 Å². The zero-order valence-electron chi connectivity index (χ0n) is 14.8. The van der Waals surface area contributed by atoms with Gasteiger partial charge in [0.1, 0.15) is 0 Å². The van der Waals surface area contributed by atoms with Gasteiger partial charge >= 0.3 is 0 Å². The maximum absolute atomic E-state index is 11.9. The third-order valence-electron chi connectivity index (χ3n) is 5.12. The Hall–Kier alpha value is -2.42. The van der Waals surface area contributed by atoms with E-state index < -0.39 is 0 Å². The molecule has 0 bridgehead atoms. The minimum atomic E-state index is -0.355. The number of carbonyl (C=O) groups is 1. The molecular weight excluding hydrogens is 324 g/mol. The summed E-state index contributed by atoms with van der Waals surface area (Å²) in [5, 5.41) is 2.98. The summed E-state index contributed by atoms with van der Waals surface area (Å²) in [6.45, 7) is 8.20. The van der Waals surface area contributed by atoms with Gasteiger partial charge in [0, 0.05) is 6.92 Å².